The first-order valence-electron chi connectivity index (χ1n) is 5.06. The molecule has 1 rings (SSSR count). The average molecular weight is 206 g/mol. The summed E-state index contributed by atoms with van der Waals surface area (Å²) in [5, 5.41) is 3.00. The molecule has 0 saturated heterocycles. The lowest BCUT2D eigenvalue weighted by Crippen LogP contribution is -2.55. The Hall–Kier alpha value is -1.35. The van der Waals surface area contributed by atoms with Gasteiger partial charge < -0.3 is 11.1 Å². The van der Waals surface area contributed by atoms with E-state index in [1.165, 1.54) is 0 Å². The van der Waals surface area contributed by atoms with E-state index >= 15 is 0 Å². The van der Waals surface area contributed by atoms with Gasteiger partial charge in [-0.25, -0.2) is 0 Å². The highest BCUT2D eigenvalue weighted by molar-refractivity contribution is 5.85. The number of hydrogen-bond acceptors (Lipinski definition) is 2. The van der Waals surface area contributed by atoms with Gasteiger partial charge in [0.05, 0.1) is 0 Å². The Balaban J connectivity index is 3.02. The van der Waals surface area contributed by atoms with Crippen LogP contribution < -0.4 is 11.1 Å². The van der Waals surface area contributed by atoms with Gasteiger partial charge in [-0.3, -0.25) is 4.79 Å². The van der Waals surface area contributed by atoms with Crippen LogP contribution in [0.1, 0.15) is 25.3 Å². The van der Waals surface area contributed by atoms with Gasteiger partial charge in [-0.05, 0) is 19.5 Å². The SMILES string of the molecule is CNC(C)(C(N)=O)C(C)c1ccccc1. The summed E-state index contributed by atoms with van der Waals surface area (Å²) in [5.74, 6) is -0.289. The lowest BCUT2D eigenvalue weighted by atomic mass is 9.81. The Morgan fingerprint density at radius 3 is 2.33 bits per heavy atom. The normalized spacial score (nSPS) is 16.7. The summed E-state index contributed by atoms with van der Waals surface area (Å²) in [7, 11) is 1.75. The molecule has 0 radical (unpaired) electrons. The summed E-state index contributed by atoms with van der Waals surface area (Å²) in [6.07, 6.45) is 0. The van der Waals surface area contributed by atoms with Gasteiger partial charge in [0.1, 0.15) is 5.54 Å². The number of hydrogen-bond donors (Lipinski definition) is 2. The molecule has 2 atom stereocenters. The van der Waals surface area contributed by atoms with Gasteiger partial charge in [0.15, 0.2) is 0 Å². The Bertz CT molecular complexity index is 337. The molecule has 0 aromatic heterocycles. The smallest absolute Gasteiger partial charge is 0.238 e. The third-order valence-corrected chi connectivity index (χ3v) is 3.20. The molecule has 0 saturated carbocycles. The fraction of sp³-hybridized carbons (Fsp3) is 0.417. The summed E-state index contributed by atoms with van der Waals surface area (Å²) in [6, 6.07) is 9.88. The van der Waals surface area contributed by atoms with Gasteiger partial charge in [0.25, 0.3) is 0 Å². The number of likely N-dealkylation sites (N-methyl/N-ethyl adjacent to an activating group) is 1. The zero-order valence-electron chi connectivity index (χ0n) is 9.45. The second-order valence-electron chi connectivity index (χ2n) is 3.95. The van der Waals surface area contributed by atoms with Crippen molar-refractivity contribution in [2.24, 2.45) is 5.73 Å². The third kappa shape index (κ3) is 2.18. The average Bonchev–Trinajstić information content (AvgIpc) is 2.28. The fourth-order valence-corrected chi connectivity index (χ4v) is 1.63. The monoisotopic (exact) mass is 206 g/mol. The zero-order valence-corrected chi connectivity index (χ0v) is 9.45. The molecule has 3 nitrogen and oxygen atoms in total. The lowest BCUT2D eigenvalue weighted by molar-refractivity contribution is -0.124. The predicted molar refractivity (Wildman–Crippen MR) is 61.5 cm³/mol. The van der Waals surface area contributed by atoms with Crippen LogP contribution in [0.5, 0.6) is 0 Å². The quantitative estimate of drug-likeness (QED) is 0.779. The highest BCUT2D eigenvalue weighted by Crippen LogP contribution is 2.27. The van der Waals surface area contributed by atoms with E-state index in [1.807, 2.05) is 44.2 Å². The molecule has 0 aliphatic rings. The predicted octanol–water partition coefficient (Wildman–Crippen LogP) is 1.25. The molecule has 0 aliphatic heterocycles. The molecule has 3 heteroatoms. The topological polar surface area (TPSA) is 55.1 Å². The van der Waals surface area contributed by atoms with E-state index in [2.05, 4.69) is 5.32 Å². The molecule has 0 fully saturated rings. The molecule has 2 unspecified atom stereocenters. The maximum Gasteiger partial charge on any atom is 0.238 e. The minimum Gasteiger partial charge on any atom is -0.368 e. The van der Waals surface area contributed by atoms with E-state index in [4.69, 9.17) is 5.73 Å². The molecule has 82 valence electrons. The van der Waals surface area contributed by atoms with Crippen molar-refractivity contribution in [2.45, 2.75) is 25.3 Å². The van der Waals surface area contributed by atoms with Crippen LogP contribution in [-0.2, 0) is 4.79 Å². The summed E-state index contributed by atoms with van der Waals surface area (Å²) in [6.45, 7) is 3.82. The number of carbonyl (C=O) groups excluding carboxylic acids is 1. The van der Waals surface area contributed by atoms with E-state index in [9.17, 15) is 4.79 Å². The molecule has 1 amide bonds. The molecule has 3 N–H and O–H groups in total. The highest BCUT2D eigenvalue weighted by Gasteiger charge is 2.36. The van der Waals surface area contributed by atoms with Gasteiger partial charge >= 0.3 is 0 Å². The highest BCUT2D eigenvalue weighted by atomic mass is 16.1. The second-order valence-corrected chi connectivity index (χ2v) is 3.95. The van der Waals surface area contributed by atoms with Crippen molar-refractivity contribution in [3.8, 4) is 0 Å². The Kier molecular flexibility index (Phi) is 3.48. The molecule has 1 aromatic rings. The summed E-state index contributed by atoms with van der Waals surface area (Å²) >= 11 is 0. The van der Waals surface area contributed by atoms with Gasteiger partial charge in [0, 0.05) is 5.92 Å². The number of amides is 1. The molecule has 0 bridgehead atoms. The fourth-order valence-electron chi connectivity index (χ4n) is 1.63. The Morgan fingerprint density at radius 1 is 1.40 bits per heavy atom. The molecule has 15 heavy (non-hydrogen) atoms. The van der Waals surface area contributed by atoms with E-state index in [0.29, 0.717) is 0 Å². The minimum absolute atomic E-state index is 0.0428. The Morgan fingerprint density at radius 2 is 1.93 bits per heavy atom. The van der Waals surface area contributed by atoms with Crippen molar-refractivity contribution >= 4 is 5.91 Å². The van der Waals surface area contributed by atoms with Gasteiger partial charge in [-0.2, -0.15) is 0 Å². The maximum absolute atomic E-state index is 11.4. The summed E-state index contributed by atoms with van der Waals surface area (Å²) in [5.41, 5.74) is 5.82. The largest absolute Gasteiger partial charge is 0.368 e. The second kappa shape index (κ2) is 4.45. The van der Waals surface area contributed by atoms with Gasteiger partial charge in [0.2, 0.25) is 5.91 Å². The number of nitrogens with one attached hydrogen (secondary N) is 1. The summed E-state index contributed by atoms with van der Waals surface area (Å²) < 4.78 is 0. The van der Waals surface area contributed by atoms with Crippen molar-refractivity contribution in [2.75, 3.05) is 7.05 Å². The van der Waals surface area contributed by atoms with Crippen LogP contribution in [0.4, 0.5) is 0 Å². The van der Waals surface area contributed by atoms with Crippen molar-refractivity contribution < 1.29 is 4.79 Å². The van der Waals surface area contributed by atoms with Crippen LogP contribution >= 0.6 is 0 Å². The standard InChI is InChI=1S/C12H18N2O/c1-9(10-7-5-4-6-8-10)12(2,14-3)11(13)15/h4-9,14H,1-3H3,(H2,13,15). The van der Waals surface area contributed by atoms with Crippen LogP contribution in [0.3, 0.4) is 0 Å². The first kappa shape index (κ1) is 11.7. The molecular formula is C12H18N2O. The first-order valence-corrected chi connectivity index (χ1v) is 5.06. The molecular weight excluding hydrogens is 188 g/mol. The number of carbonyl (C=O) groups is 1. The van der Waals surface area contributed by atoms with Gasteiger partial charge in [-0.15, -0.1) is 0 Å². The van der Waals surface area contributed by atoms with Crippen molar-refractivity contribution in [1.82, 2.24) is 5.32 Å². The molecule has 0 heterocycles. The van der Waals surface area contributed by atoms with Crippen molar-refractivity contribution in [3.05, 3.63) is 35.9 Å². The van der Waals surface area contributed by atoms with E-state index < -0.39 is 5.54 Å². The number of rotatable bonds is 4. The van der Waals surface area contributed by atoms with E-state index in [-0.39, 0.29) is 11.8 Å². The number of benzene rings is 1. The van der Waals surface area contributed by atoms with E-state index in [0.717, 1.165) is 5.56 Å². The third-order valence-electron chi connectivity index (χ3n) is 3.20. The first-order chi connectivity index (χ1) is 7.02. The van der Waals surface area contributed by atoms with E-state index in [1.54, 1.807) is 7.05 Å². The van der Waals surface area contributed by atoms with Crippen LogP contribution in [0.15, 0.2) is 30.3 Å². The molecule has 1 aromatic carbocycles. The van der Waals surface area contributed by atoms with Crippen LogP contribution in [0.25, 0.3) is 0 Å². The number of nitrogens with two attached hydrogens (primary N) is 1. The zero-order chi connectivity index (χ0) is 11.5. The molecule has 0 spiro atoms. The minimum atomic E-state index is -0.707. The van der Waals surface area contributed by atoms with Crippen LogP contribution in [-0.4, -0.2) is 18.5 Å². The maximum atomic E-state index is 11.4. The van der Waals surface area contributed by atoms with Crippen LogP contribution in [0.2, 0.25) is 0 Å². The summed E-state index contributed by atoms with van der Waals surface area (Å²) in [4.78, 5) is 11.4. The Labute approximate surface area is 90.7 Å². The van der Waals surface area contributed by atoms with Crippen molar-refractivity contribution in [3.63, 3.8) is 0 Å². The lowest BCUT2D eigenvalue weighted by Gasteiger charge is -2.32. The van der Waals surface area contributed by atoms with Gasteiger partial charge in [-0.1, -0.05) is 37.3 Å². The van der Waals surface area contributed by atoms with Crippen molar-refractivity contribution in [1.29, 1.82) is 0 Å². The number of primary amides is 1. The molecule has 0 aliphatic carbocycles. The van der Waals surface area contributed by atoms with Crippen LogP contribution in [0, 0.1) is 0 Å².